The lowest BCUT2D eigenvalue weighted by molar-refractivity contribution is -0.384. The molecular formula is C18H18F3N7O2. The molecule has 1 saturated heterocycles. The number of imidazole rings is 1. The van der Waals surface area contributed by atoms with Gasteiger partial charge in [0, 0.05) is 25.3 Å². The number of anilines is 1. The summed E-state index contributed by atoms with van der Waals surface area (Å²) in [5.41, 5.74) is 0.567. The van der Waals surface area contributed by atoms with Gasteiger partial charge >= 0.3 is 5.69 Å². The second kappa shape index (κ2) is 8.22. The standard InChI is InChI=1S/C18H18F3N7O2/c19-11-1-2-16-22-7-13(27(16)9-11)17-23-8-14(28(29)30)18(25-17)24-12-3-5-26(6-4-12)10-15(20)21/h1-2,7-9,12,15H,3-6,10H2,(H,23,24,25). The van der Waals surface area contributed by atoms with Crippen LogP contribution in [0.25, 0.3) is 17.2 Å². The van der Waals surface area contributed by atoms with Gasteiger partial charge in [-0.2, -0.15) is 0 Å². The number of pyridine rings is 1. The summed E-state index contributed by atoms with van der Waals surface area (Å²) < 4.78 is 40.2. The van der Waals surface area contributed by atoms with E-state index in [2.05, 4.69) is 20.3 Å². The number of alkyl halides is 2. The first-order valence-electron chi connectivity index (χ1n) is 9.32. The molecule has 9 nitrogen and oxygen atoms in total. The van der Waals surface area contributed by atoms with Crippen LogP contribution < -0.4 is 5.32 Å². The number of fused-ring (bicyclic) bond motifs is 1. The molecule has 158 valence electrons. The lowest BCUT2D eigenvalue weighted by Crippen LogP contribution is -2.41. The summed E-state index contributed by atoms with van der Waals surface area (Å²) in [6.45, 7) is 0.635. The van der Waals surface area contributed by atoms with Crippen LogP contribution in [0.15, 0.2) is 30.7 Å². The minimum Gasteiger partial charge on any atom is -0.361 e. The van der Waals surface area contributed by atoms with Gasteiger partial charge in [-0.1, -0.05) is 0 Å². The first-order valence-corrected chi connectivity index (χ1v) is 9.32. The van der Waals surface area contributed by atoms with E-state index < -0.39 is 17.2 Å². The van der Waals surface area contributed by atoms with E-state index in [1.165, 1.54) is 28.9 Å². The summed E-state index contributed by atoms with van der Waals surface area (Å²) in [4.78, 5) is 25.0. The fourth-order valence-corrected chi connectivity index (χ4v) is 3.51. The molecule has 4 heterocycles. The van der Waals surface area contributed by atoms with Crippen LogP contribution in [0.4, 0.5) is 24.7 Å². The molecular weight excluding hydrogens is 403 g/mol. The molecule has 0 saturated carbocycles. The Balaban J connectivity index is 1.59. The summed E-state index contributed by atoms with van der Waals surface area (Å²) >= 11 is 0. The van der Waals surface area contributed by atoms with Crippen LogP contribution in [-0.4, -0.2) is 61.3 Å². The highest BCUT2D eigenvalue weighted by molar-refractivity contribution is 5.63. The normalized spacial score (nSPS) is 15.7. The van der Waals surface area contributed by atoms with Gasteiger partial charge in [0.25, 0.3) is 6.43 Å². The maximum Gasteiger partial charge on any atom is 0.329 e. The monoisotopic (exact) mass is 421 g/mol. The second-order valence-electron chi connectivity index (χ2n) is 7.01. The molecule has 0 aliphatic carbocycles. The predicted octanol–water partition coefficient (Wildman–Crippen LogP) is 2.98. The van der Waals surface area contributed by atoms with Gasteiger partial charge in [0.1, 0.15) is 23.4 Å². The molecule has 0 radical (unpaired) electrons. The first kappa shape index (κ1) is 20.0. The van der Waals surface area contributed by atoms with Gasteiger partial charge in [0.05, 0.1) is 17.7 Å². The molecule has 1 fully saturated rings. The molecule has 1 aliphatic rings. The van der Waals surface area contributed by atoms with E-state index in [4.69, 9.17) is 0 Å². The van der Waals surface area contributed by atoms with Crippen molar-refractivity contribution in [2.24, 2.45) is 0 Å². The average molecular weight is 421 g/mol. The molecule has 30 heavy (non-hydrogen) atoms. The summed E-state index contributed by atoms with van der Waals surface area (Å²) in [6.07, 6.45) is 2.48. The summed E-state index contributed by atoms with van der Waals surface area (Å²) in [5, 5.41) is 14.5. The Morgan fingerprint density at radius 3 is 2.70 bits per heavy atom. The zero-order valence-electron chi connectivity index (χ0n) is 15.7. The van der Waals surface area contributed by atoms with E-state index in [0.717, 1.165) is 6.20 Å². The number of likely N-dealkylation sites (tertiary alicyclic amines) is 1. The third-order valence-corrected chi connectivity index (χ3v) is 4.99. The van der Waals surface area contributed by atoms with Crippen molar-refractivity contribution in [1.82, 2.24) is 24.3 Å². The topological polar surface area (TPSA) is 101 Å². The number of hydrogen-bond donors (Lipinski definition) is 1. The lowest BCUT2D eigenvalue weighted by Gasteiger charge is -2.32. The van der Waals surface area contributed by atoms with Crippen LogP contribution in [0.2, 0.25) is 0 Å². The number of aromatic nitrogens is 4. The fraction of sp³-hybridized carbons (Fsp3) is 0.389. The van der Waals surface area contributed by atoms with E-state index in [9.17, 15) is 23.3 Å². The van der Waals surface area contributed by atoms with Crippen LogP contribution in [0.3, 0.4) is 0 Å². The highest BCUT2D eigenvalue weighted by Gasteiger charge is 2.25. The van der Waals surface area contributed by atoms with Crippen LogP contribution in [0.1, 0.15) is 12.8 Å². The van der Waals surface area contributed by atoms with Crippen molar-refractivity contribution < 1.29 is 18.1 Å². The van der Waals surface area contributed by atoms with E-state index >= 15 is 0 Å². The van der Waals surface area contributed by atoms with Gasteiger partial charge in [-0.05, 0) is 25.0 Å². The van der Waals surface area contributed by atoms with Crippen molar-refractivity contribution in [2.45, 2.75) is 25.3 Å². The molecule has 3 aromatic heterocycles. The van der Waals surface area contributed by atoms with Crippen molar-refractivity contribution in [3.05, 3.63) is 46.7 Å². The van der Waals surface area contributed by atoms with Crippen molar-refractivity contribution in [2.75, 3.05) is 25.0 Å². The van der Waals surface area contributed by atoms with Gasteiger partial charge in [0.15, 0.2) is 5.82 Å². The molecule has 0 bridgehead atoms. The van der Waals surface area contributed by atoms with E-state index in [0.29, 0.717) is 37.3 Å². The van der Waals surface area contributed by atoms with Crippen LogP contribution in [0.5, 0.6) is 0 Å². The Bertz CT molecular complexity index is 1070. The smallest absolute Gasteiger partial charge is 0.329 e. The average Bonchev–Trinajstić information content (AvgIpc) is 3.12. The molecule has 0 aromatic carbocycles. The Kier molecular flexibility index (Phi) is 5.48. The maximum absolute atomic E-state index is 13.6. The Labute approximate surface area is 168 Å². The SMILES string of the molecule is O=[N+]([O-])c1cnc(-c2cnc3ccc(F)cn23)nc1NC1CCN(CC(F)F)CC1. The highest BCUT2D eigenvalue weighted by atomic mass is 19.3. The predicted molar refractivity (Wildman–Crippen MR) is 102 cm³/mol. The highest BCUT2D eigenvalue weighted by Crippen LogP contribution is 2.27. The van der Waals surface area contributed by atoms with Gasteiger partial charge in [-0.3, -0.25) is 19.4 Å². The molecule has 1 N–H and O–H groups in total. The van der Waals surface area contributed by atoms with Crippen LogP contribution in [0, 0.1) is 15.9 Å². The Morgan fingerprint density at radius 1 is 1.23 bits per heavy atom. The van der Waals surface area contributed by atoms with Gasteiger partial charge in [-0.25, -0.2) is 28.1 Å². The summed E-state index contributed by atoms with van der Waals surface area (Å²) in [6, 6.07) is 2.62. The van der Waals surface area contributed by atoms with Crippen molar-refractivity contribution in [3.8, 4) is 11.5 Å². The molecule has 0 unspecified atom stereocenters. The maximum atomic E-state index is 13.6. The fourth-order valence-electron chi connectivity index (χ4n) is 3.51. The van der Waals surface area contributed by atoms with Crippen LogP contribution in [-0.2, 0) is 0 Å². The Morgan fingerprint density at radius 2 is 2.00 bits per heavy atom. The van der Waals surface area contributed by atoms with Gasteiger partial charge in [-0.15, -0.1) is 0 Å². The summed E-state index contributed by atoms with van der Waals surface area (Å²) in [5.74, 6) is -0.294. The van der Waals surface area contributed by atoms with Gasteiger partial charge < -0.3 is 5.32 Å². The van der Waals surface area contributed by atoms with Crippen LogP contribution >= 0.6 is 0 Å². The number of hydrogen-bond acceptors (Lipinski definition) is 7. The van der Waals surface area contributed by atoms with E-state index in [1.54, 1.807) is 4.90 Å². The molecule has 4 rings (SSSR count). The molecule has 0 spiro atoms. The Hall–Kier alpha value is -3.28. The first-order chi connectivity index (χ1) is 14.4. The molecule has 0 atom stereocenters. The number of piperidine rings is 1. The molecule has 0 amide bonds. The molecule has 1 aliphatic heterocycles. The zero-order chi connectivity index (χ0) is 21.3. The molecule has 12 heteroatoms. The zero-order valence-corrected chi connectivity index (χ0v) is 15.7. The lowest BCUT2D eigenvalue weighted by atomic mass is 10.1. The third kappa shape index (κ3) is 4.17. The van der Waals surface area contributed by atoms with E-state index in [-0.39, 0.29) is 29.9 Å². The number of nitro groups is 1. The summed E-state index contributed by atoms with van der Waals surface area (Å²) in [7, 11) is 0. The minimum absolute atomic E-state index is 0.0312. The van der Waals surface area contributed by atoms with Crippen molar-refractivity contribution in [1.29, 1.82) is 0 Å². The largest absolute Gasteiger partial charge is 0.361 e. The minimum atomic E-state index is -2.39. The second-order valence-corrected chi connectivity index (χ2v) is 7.01. The number of nitrogens with one attached hydrogen (secondary N) is 1. The third-order valence-electron chi connectivity index (χ3n) is 4.99. The van der Waals surface area contributed by atoms with Crippen molar-refractivity contribution in [3.63, 3.8) is 0 Å². The molecule has 3 aromatic rings. The number of nitrogens with zero attached hydrogens (tertiary/aromatic N) is 6. The van der Waals surface area contributed by atoms with E-state index in [1.807, 2.05) is 0 Å². The number of rotatable bonds is 6. The quantitative estimate of drug-likeness (QED) is 0.482. The van der Waals surface area contributed by atoms with Gasteiger partial charge in [0.2, 0.25) is 5.82 Å². The van der Waals surface area contributed by atoms with Crippen molar-refractivity contribution >= 4 is 17.2 Å². The number of halogens is 3.